The van der Waals surface area contributed by atoms with Crippen LogP contribution in [0.25, 0.3) is 6.08 Å². The van der Waals surface area contributed by atoms with Crippen molar-refractivity contribution in [3.05, 3.63) is 70.1 Å². The minimum absolute atomic E-state index is 0.307. The van der Waals surface area contributed by atoms with E-state index in [0.29, 0.717) is 17.9 Å². The number of rotatable bonds is 6. The zero-order valence-corrected chi connectivity index (χ0v) is 15.3. The van der Waals surface area contributed by atoms with E-state index in [1.165, 1.54) is 5.56 Å². The number of aryl methyl sites for hydroxylation is 1. The minimum atomic E-state index is -3.51. The van der Waals surface area contributed by atoms with Crippen LogP contribution < -0.4 is 9.46 Å². The Morgan fingerprint density at radius 2 is 1.80 bits per heavy atom. The van der Waals surface area contributed by atoms with Gasteiger partial charge in [-0.3, -0.25) is 0 Å². The van der Waals surface area contributed by atoms with E-state index < -0.39 is 10.0 Å². The first kappa shape index (κ1) is 17.7. The van der Waals surface area contributed by atoms with Crippen LogP contribution in [-0.2, 0) is 16.4 Å². The Kier molecular flexibility index (Phi) is 5.25. The Balaban J connectivity index is 1.76. The van der Waals surface area contributed by atoms with Gasteiger partial charge in [0.25, 0.3) is 0 Å². The van der Waals surface area contributed by atoms with Gasteiger partial charge in [-0.25, -0.2) is 13.1 Å². The Morgan fingerprint density at radius 3 is 2.52 bits per heavy atom. The lowest BCUT2D eigenvalue weighted by atomic mass is 9.98. The highest BCUT2D eigenvalue weighted by Gasteiger charge is 2.23. The summed E-state index contributed by atoms with van der Waals surface area (Å²) >= 11 is 0. The molecule has 1 N–H and O–H groups in total. The van der Waals surface area contributed by atoms with Crippen LogP contribution >= 0.6 is 0 Å². The van der Waals surface area contributed by atoms with Crippen LogP contribution in [0.2, 0.25) is 0 Å². The molecule has 0 spiro atoms. The summed E-state index contributed by atoms with van der Waals surface area (Å²) in [4.78, 5) is 0.448. The third kappa shape index (κ3) is 4.11. The second-order valence-corrected chi connectivity index (χ2v) is 7.92. The number of benzene rings is 2. The summed E-state index contributed by atoms with van der Waals surface area (Å²) in [6, 6.07) is 15.1. The molecule has 3 rings (SSSR count). The molecule has 0 aromatic heterocycles. The first-order valence-electron chi connectivity index (χ1n) is 8.53. The van der Waals surface area contributed by atoms with Gasteiger partial charge in [0.2, 0.25) is 10.0 Å². The van der Waals surface area contributed by atoms with E-state index in [2.05, 4.69) is 4.72 Å². The van der Waals surface area contributed by atoms with Crippen molar-refractivity contribution >= 4 is 16.1 Å². The maximum absolute atomic E-state index is 12.7. The number of allylic oxidation sites excluding steroid dienone is 1. The normalized spacial score (nSPS) is 15.2. The molecule has 2 aromatic rings. The minimum Gasteiger partial charge on any atom is -0.494 e. The highest BCUT2D eigenvalue weighted by Crippen LogP contribution is 2.28. The van der Waals surface area contributed by atoms with Gasteiger partial charge in [-0.15, -0.1) is 0 Å². The van der Waals surface area contributed by atoms with Gasteiger partial charge in [-0.1, -0.05) is 36.4 Å². The Bertz CT molecular complexity index is 870. The predicted octanol–water partition coefficient (Wildman–Crippen LogP) is 4.05. The van der Waals surface area contributed by atoms with Gasteiger partial charge in [0, 0.05) is 6.04 Å². The highest BCUT2D eigenvalue weighted by molar-refractivity contribution is 7.93. The molecule has 0 saturated heterocycles. The van der Waals surface area contributed by atoms with Gasteiger partial charge >= 0.3 is 0 Å². The van der Waals surface area contributed by atoms with Gasteiger partial charge in [0.1, 0.15) is 5.75 Å². The number of nitrogens with one attached hydrogen (secondary N) is 1. The maximum Gasteiger partial charge on any atom is 0.237 e. The summed E-state index contributed by atoms with van der Waals surface area (Å²) in [7, 11) is -3.51. The fourth-order valence-electron chi connectivity index (χ4n) is 3.01. The SMILES string of the molecule is CCOc1ccc(C(C)NS(=O)(=O)C2=Cc3ccccc3CC2)cc1. The predicted molar refractivity (Wildman–Crippen MR) is 101 cm³/mol. The van der Waals surface area contributed by atoms with Crippen molar-refractivity contribution in [3.63, 3.8) is 0 Å². The van der Waals surface area contributed by atoms with E-state index in [1.54, 1.807) is 6.08 Å². The molecule has 0 radical (unpaired) electrons. The molecule has 1 atom stereocenters. The summed E-state index contributed by atoms with van der Waals surface area (Å²) in [5.41, 5.74) is 3.09. The summed E-state index contributed by atoms with van der Waals surface area (Å²) in [5.74, 6) is 0.785. The first-order chi connectivity index (χ1) is 12.0. The fraction of sp³-hybridized carbons (Fsp3) is 0.300. The largest absolute Gasteiger partial charge is 0.494 e. The summed E-state index contributed by atoms with van der Waals surface area (Å²) < 4.78 is 33.7. The maximum atomic E-state index is 12.7. The van der Waals surface area contributed by atoms with E-state index in [-0.39, 0.29) is 6.04 Å². The highest BCUT2D eigenvalue weighted by atomic mass is 32.2. The van der Waals surface area contributed by atoms with Crippen molar-refractivity contribution < 1.29 is 13.2 Å². The molecule has 25 heavy (non-hydrogen) atoms. The Morgan fingerprint density at radius 1 is 1.08 bits per heavy atom. The number of ether oxygens (including phenoxy) is 1. The van der Waals surface area contributed by atoms with Crippen molar-refractivity contribution in [2.24, 2.45) is 0 Å². The van der Waals surface area contributed by atoms with Crippen molar-refractivity contribution in [3.8, 4) is 5.75 Å². The van der Waals surface area contributed by atoms with E-state index in [4.69, 9.17) is 4.74 Å². The lowest BCUT2D eigenvalue weighted by Crippen LogP contribution is -2.28. The van der Waals surface area contributed by atoms with E-state index in [9.17, 15) is 8.42 Å². The lowest BCUT2D eigenvalue weighted by Gasteiger charge is -2.20. The van der Waals surface area contributed by atoms with Crippen LogP contribution in [0.4, 0.5) is 0 Å². The second kappa shape index (κ2) is 7.42. The van der Waals surface area contributed by atoms with E-state index >= 15 is 0 Å². The average molecular weight is 357 g/mol. The lowest BCUT2D eigenvalue weighted by molar-refractivity contribution is 0.340. The molecule has 5 heteroatoms. The molecule has 1 aliphatic rings. The van der Waals surface area contributed by atoms with Crippen molar-refractivity contribution in [2.75, 3.05) is 6.61 Å². The molecule has 4 nitrogen and oxygen atoms in total. The molecule has 1 unspecified atom stereocenters. The van der Waals surface area contributed by atoms with Gasteiger partial charge in [0.15, 0.2) is 0 Å². The monoisotopic (exact) mass is 357 g/mol. The molecule has 2 aromatic carbocycles. The summed E-state index contributed by atoms with van der Waals surface area (Å²) in [6.45, 7) is 4.39. The van der Waals surface area contributed by atoms with Crippen molar-refractivity contribution in [2.45, 2.75) is 32.7 Å². The molecule has 0 heterocycles. The standard InChI is InChI=1S/C20H23NO3S/c1-3-24-19-11-8-16(9-12-19)15(2)21-25(22,23)20-13-10-17-6-4-5-7-18(17)14-20/h4-9,11-12,14-15,21H,3,10,13H2,1-2H3. The molecule has 0 saturated carbocycles. The van der Waals surface area contributed by atoms with Crippen molar-refractivity contribution in [1.82, 2.24) is 4.72 Å². The quantitative estimate of drug-likeness (QED) is 0.848. The van der Waals surface area contributed by atoms with Gasteiger partial charge in [0.05, 0.1) is 11.5 Å². The second-order valence-electron chi connectivity index (χ2n) is 6.15. The molecular weight excluding hydrogens is 334 g/mol. The fourth-order valence-corrected chi connectivity index (χ4v) is 4.42. The Hall–Kier alpha value is -2.11. The average Bonchev–Trinajstić information content (AvgIpc) is 2.62. The molecule has 132 valence electrons. The van der Waals surface area contributed by atoms with Gasteiger partial charge in [-0.05, 0) is 61.6 Å². The molecule has 1 aliphatic carbocycles. The molecule has 0 amide bonds. The number of hydrogen-bond acceptors (Lipinski definition) is 3. The summed E-state index contributed by atoms with van der Waals surface area (Å²) in [6.07, 6.45) is 3.06. The van der Waals surface area contributed by atoms with E-state index in [0.717, 1.165) is 23.3 Å². The molecule has 0 aliphatic heterocycles. The molecule has 0 fully saturated rings. The zero-order valence-electron chi connectivity index (χ0n) is 14.5. The third-order valence-electron chi connectivity index (χ3n) is 4.38. The zero-order chi connectivity index (χ0) is 17.9. The van der Waals surface area contributed by atoms with Crippen molar-refractivity contribution in [1.29, 1.82) is 0 Å². The van der Waals surface area contributed by atoms with Crippen LogP contribution in [0.3, 0.4) is 0 Å². The summed E-state index contributed by atoms with van der Waals surface area (Å²) in [5, 5.41) is 0. The van der Waals surface area contributed by atoms with Crippen LogP contribution in [0.1, 0.15) is 43.0 Å². The van der Waals surface area contributed by atoms with Crippen LogP contribution in [0.15, 0.2) is 53.4 Å². The Labute approximate surface area is 149 Å². The first-order valence-corrected chi connectivity index (χ1v) is 10.0. The molecular formula is C20H23NO3S. The smallest absolute Gasteiger partial charge is 0.237 e. The molecule has 0 bridgehead atoms. The van der Waals surface area contributed by atoms with E-state index in [1.807, 2.05) is 62.4 Å². The van der Waals surface area contributed by atoms with Crippen LogP contribution in [0, 0.1) is 0 Å². The number of fused-ring (bicyclic) bond motifs is 1. The van der Waals surface area contributed by atoms with Crippen LogP contribution in [0.5, 0.6) is 5.75 Å². The van der Waals surface area contributed by atoms with Crippen LogP contribution in [-0.4, -0.2) is 15.0 Å². The number of sulfonamides is 1. The third-order valence-corrected chi connectivity index (χ3v) is 6.06. The number of hydrogen-bond donors (Lipinski definition) is 1. The van der Waals surface area contributed by atoms with Gasteiger partial charge in [-0.2, -0.15) is 0 Å². The topological polar surface area (TPSA) is 55.4 Å². The van der Waals surface area contributed by atoms with Gasteiger partial charge < -0.3 is 4.74 Å².